The van der Waals surface area contributed by atoms with Gasteiger partial charge >= 0.3 is 0 Å². The van der Waals surface area contributed by atoms with Crippen molar-refractivity contribution in [2.45, 2.75) is 13.3 Å². The van der Waals surface area contributed by atoms with Gasteiger partial charge in [0.1, 0.15) is 12.0 Å². The van der Waals surface area contributed by atoms with E-state index in [2.05, 4.69) is 16.9 Å². The summed E-state index contributed by atoms with van der Waals surface area (Å²) in [7, 11) is 0. The summed E-state index contributed by atoms with van der Waals surface area (Å²) in [6.07, 6.45) is 4.23. The van der Waals surface area contributed by atoms with E-state index in [1.54, 1.807) is 6.20 Å². The number of oxazole rings is 1. The Labute approximate surface area is 81.8 Å². The minimum absolute atomic E-state index is 0.180. The molecule has 2 rings (SSSR count). The molecule has 0 aliphatic heterocycles. The summed E-state index contributed by atoms with van der Waals surface area (Å²) in [4.78, 5) is 8.27. The molecule has 0 saturated heterocycles. The van der Waals surface area contributed by atoms with Gasteiger partial charge in [0, 0.05) is 17.5 Å². The summed E-state index contributed by atoms with van der Waals surface area (Å²) >= 11 is 0. The monoisotopic (exact) mass is 189 g/mol. The maximum atomic E-state index is 5.37. The van der Waals surface area contributed by atoms with Crippen LogP contribution in [0.15, 0.2) is 29.0 Å². The molecule has 14 heavy (non-hydrogen) atoms. The van der Waals surface area contributed by atoms with Crippen molar-refractivity contribution >= 4 is 6.01 Å². The normalized spacial score (nSPS) is 10.4. The van der Waals surface area contributed by atoms with Gasteiger partial charge in [-0.05, 0) is 18.6 Å². The lowest BCUT2D eigenvalue weighted by atomic mass is 10.2. The minimum Gasteiger partial charge on any atom is -0.432 e. The van der Waals surface area contributed by atoms with E-state index in [4.69, 9.17) is 10.2 Å². The number of nitrogen functional groups attached to an aromatic ring is 1. The predicted octanol–water partition coefficient (Wildman–Crippen LogP) is 1.88. The molecule has 2 N–H and O–H groups in total. The summed E-state index contributed by atoms with van der Waals surface area (Å²) in [6.45, 7) is 2.07. The van der Waals surface area contributed by atoms with Crippen LogP contribution in [0.3, 0.4) is 0 Å². The Kier molecular flexibility index (Phi) is 2.18. The van der Waals surface area contributed by atoms with E-state index in [1.807, 2.05) is 12.1 Å². The van der Waals surface area contributed by atoms with Gasteiger partial charge in [-0.2, -0.15) is 4.98 Å². The molecule has 0 saturated carbocycles. The second kappa shape index (κ2) is 3.49. The lowest BCUT2D eigenvalue weighted by Crippen LogP contribution is -1.87. The van der Waals surface area contributed by atoms with E-state index in [9.17, 15) is 0 Å². The average molecular weight is 189 g/mol. The van der Waals surface area contributed by atoms with E-state index in [0.29, 0.717) is 0 Å². The lowest BCUT2D eigenvalue weighted by molar-refractivity contribution is 0.581. The van der Waals surface area contributed by atoms with Gasteiger partial charge in [0.15, 0.2) is 0 Å². The summed E-state index contributed by atoms with van der Waals surface area (Å²) in [5.41, 5.74) is 8.07. The van der Waals surface area contributed by atoms with Crippen molar-refractivity contribution in [1.82, 2.24) is 9.97 Å². The molecule has 0 atom stereocenters. The van der Waals surface area contributed by atoms with Crippen LogP contribution in [0.2, 0.25) is 0 Å². The Hall–Kier alpha value is -1.84. The van der Waals surface area contributed by atoms with Crippen LogP contribution in [-0.2, 0) is 6.42 Å². The Bertz CT molecular complexity index is 419. The molecule has 2 aromatic rings. The second-order valence-electron chi connectivity index (χ2n) is 2.96. The quantitative estimate of drug-likeness (QED) is 0.783. The fourth-order valence-electron chi connectivity index (χ4n) is 1.21. The van der Waals surface area contributed by atoms with E-state index in [1.165, 1.54) is 6.26 Å². The molecule has 4 heteroatoms. The van der Waals surface area contributed by atoms with E-state index < -0.39 is 0 Å². The standard InChI is InChI=1S/C10H11N3O/c1-2-8-4-3-7(5-12-8)9-6-14-10(11)13-9/h3-6H,2H2,1H3,(H2,11,13). The van der Waals surface area contributed by atoms with Gasteiger partial charge in [-0.25, -0.2) is 0 Å². The smallest absolute Gasteiger partial charge is 0.292 e. The third-order valence-corrected chi connectivity index (χ3v) is 2.00. The number of pyridine rings is 1. The van der Waals surface area contributed by atoms with E-state index in [0.717, 1.165) is 23.4 Å². The molecule has 2 aromatic heterocycles. The summed E-state index contributed by atoms with van der Waals surface area (Å²) < 4.78 is 4.91. The zero-order valence-corrected chi connectivity index (χ0v) is 7.90. The van der Waals surface area contributed by atoms with Crippen LogP contribution in [-0.4, -0.2) is 9.97 Å². The lowest BCUT2D eigenvalue weighted by Gasteiger charge is -1.97. The molecular formula is C10H11N3O. The topological polar surface area (TPSA) is 64.9 Å². The molecule has 2 heterocycles. The van der Waals surface area contributed by atoms with E-state index >= 15 is 0 Å². The summed E-state index contributed by atoms with van der Waals surface area (Å²) in [6, 6.07) is 4.11. The van der Waals surface area contributed by atoms with Crippen LogP contribution < -0.4 is 5.73 Å². The van der Waals surface area contributed by atoms with Gasteiger partial charge in [0.2, 0.25) is 0 Å². The van der Waals surface area contributed by atoms with E-state index in [-0.39, 0.29) is 6.01 Å². The molecule has 72 valence electrons. The predicted molar refractivity (Wildman–Crippen MR) is 53.5 cm³/mol. The Morgan fingerprint density at radius 2 is 2.29 bits per heavy atom. The number of anilines is 1. The molecule has 0 amide bonds. The Balaban J connectivity index is 2.33. The number of hydrogen-bond donors (Lipinski definition) is 1. The highest BCUT2D eigenvalue weighted by Gasteiger charge is 2.03. The zero-order valence-electron chi connectivity index (χ0n) is 7.90. The maximum Gasteiger partial charge on any atom is 0.292 e. The van der Waals surface area contributed by atoms with Crippen molar-refractivity contribution in [2.24, 2.45) is 0 Å². The van der Waals surface area contributed by atoms with Crippen molar-refractivity contribution < 1.29 is 4.42 Å². The highest BCUT2D eigenvalue weighted by Crippen LogP contribution is 2.18. The number of hydrogen-bond acceptors (Lipinski definition) is 4. The molecule has 0 spiro atoms. The first-order valence-electron chi connectivity index (χ1n) is 4.46. The van der Waals surface area contributed by atoms with Gasteiger partial charge < -0.3 is 10.2 Å². The van der Waals surface area contributed by atoms with Crippen molar-refractivity contribution in [3.8, 4) is 11.3 Å². The van der Waals surface area contributed by atoms with Gasteiger partial charge in [0.25, 0.3) is 6.01 Å². The first kappa shape index (κ1) is 8.74. The molecule has 0 aliphatic rings. The molecular weight excluding hydrogens is 178 g/mol. The van der Waals surface area contributed by atoms with Crippen LogP contribution in [0.4, 0.5) is 6.01 Å². The third kappa shape index (κ3) is 1.59. The van der Waals surface area contributed by atoms with Crippen LogP contribution in [0.1, 0.15) is 12.6 Å². The van der Waals surface area contributed by atoms with Crippen molar-refractivity contribution in [3.63, 3.8) is 0 Å². The van der Waals surface area contributed by atoms with Crippen LogP contribution in [0.25, 0.3) is 11.3 Å². The molecule has 0 aromatic carbocycles. The largest absolute Gasteiger partial charge is 0.432 e. The minimum atomic E-state index is 0.180. The number of nitrogens with zero attached hydrogens (tertiary/aromatic N) is 2. The Morgan fingerprint density at radius 3 is 2.79 bits per heavy atom. The molecule has 0 radical (unpaired) electrons. The van der Waals surface area contributed by atoms with Crippen LogP contribution in [0.5, 0.6) is 0 Å². The maximum absolute atomic E-state index is 5.37. The fourth-order valence-corrected chi connectivity index (χ4v) is 1.21. The van der Waals surface area contributed by atoms with Gasteiger partial charge in [-0.3, -0.25) is 4.98 Å². The first-order valence-corrected chi connectivity index (χ1v) is 4.46. The average Bonchev–Trinajstić information content (AvgIpc) is 2.65. The second-order valence-corrected chi connectivity index (χ2v) is 2.96. The van der Waals surface area contributed by atoms with Gasteiger partial charge in [-0.1, -0.05) is 6.92 Å². The summed E-state index contributed by atoms with van der Waals surface area (Å²) in [5.74, 6) is 0. The zero-order chi connectivity index (χ0) is 9.97. The number of aromatic nitrogens is 2. The van der Waals surface area contributed by atoms with Gasteiger partial charge in [-0.15, -0.1) is 0 Å². The van der Waals surface area contributed by atoms with Crippen molar-refractivity contribution in [2.75, 3.05) is 5.73 Å². The highest BCUT2D eigenvalue weighted by molar-refractivity contribution is 5.57. The fraction of sp³-hybridized carbons (Fsp3) is 0.200. The number of aryl methyl sites for hydroxylation is 1. The number of rotatable bonds is 2. The highest BCUT2D eigenvalue weighted by atomic mass is 16.4. The van der Waals surface area contributed by atoms with Gasteiger partial charge in [0.05, 0.1) is 0 Å². The molecule has 4 nitrogen and oxygen atoms in total. The summed E-state index contributed by atoms with van der Waals surface area (Å²) in [5, 5.41) is 0. The van der Waals surface area contributed by atoms with Crippen molar-refractivity contribution in [1.29, 1.82) is 0 Å². The SMILES string of the molecule is CCc1ccc(-c2coc(N)n2)cn1. The molecule has 0 aliphatic carbocycles. The van der Waals surface area contributed by atoms with Crippen molar-refractivity contribution in [3.05, 3.63) is 30.3 Å². The first-order chi connectivity index (χ1) is 6.79. The van der Waals surface area contributed by atoms with Crippen LogP contribution >= 0.6 is 0 Å². The Morgan fingerprint density at radius 1 is 1.43 bits per heavy atom. The molecule has 0 fully saturated rings. The van der Waals surface area contributed by atoms with Crippen LogP contribution in [0, 0.1) is 0 Å². The number of nitrogens with two attached hydrogens (primary N) is 1. The molecule has 0 bridgehead atoms. The molecule has 0 unspecified atom stereocenters. The third-order valence-electron chi connectivity index (χ3n) is 2.00.